The van der Waals surface area contributed by atoms with Crippen LogP contribution in [0.5, 0.6) is 0 Å². The highest BCUT2D eigenvalue weighted by atomic mass is 35.5. The first-order valence-corrected chi connectivity index (χ1v) is 9.08. The molecule has 10 heteroatoms. The van der Waals surface area contributed by atoms with E-state index in [1.807, 2.05) is 0 Å². The summed E-state index contributed by atoms with van der Waals surface area (Å²) in [4.78, 5) is 23.9. The number of rotatable bonds is 4. The zero-order valence-corrected chi connectivity index (χ0v) is 15.2. The largest absolute Gasteiger partial charge is 0.271 e. The summed E-state index contributed by atoms with van der Waals surface area (Å²) < 4.78 is 25.9. The van der Waals surface area contributed by atoms with Crippen molar-refractivity contribution in [1.29, 1.82) is 0 Å². The maximum Gasteiger partial charge on any atom is 0.271 e. The molecule has 0 aliphatic rings. The fourth-order valence-corrected chi connectivity index (χ4v) is 3.33. The molecule has 25 heavy (non-hydrogen) atoms. The van der Waals surface area contributed by atoms with Gasteiger partial charge in [-0.2, -0.15) is 0 Å². The van der Waals surface area contributed by atoms with E-state index in [1.54, 1.807) is 12.1 Å². The first kappa shape index (κ1) is 19.2. The minimum Gasteiger partial charge on any atom is -0.267 e. The third kappa shape index (κ3) is 4.49. The van der Waals surface area contributed by atoms with Crippen molar-refractivity contribution in [3.05, 3.63) is 63.6 Å². The van der Waals surface area contributed by atoms with Crippen molar-refractivity contribution in [2.45, 2.75) is 4.90 Å². The molecule has 0 aliphatic heterocycles. The van der Waals surface area contributed by atoms with Gasteiger partial charge in [-0.15, -0.1) is 0 Å². The van der Waals surface area contributed by atoms with E-state index in [2.05, 4.69) is 15.6 Å². The fourth-order valence-electron chi connectivity index (χ4n) is 1.86. The molecule has 0 saturated heterocycles. The Labute approximate surface area is 154 Å². The maximum atomic E-state index is 12.1. The molecule has 0 unspecified atom stereocenters. The zero-order valence-electron chi connectivity index (χ0n) is 12.8. The molecule has 0 radical (unpaired) electrons. The Bertz CT molecular complexity index is 932. The second kappa shape index (κ2) is 7.83. The van der Waals surface area contributed by atoms with Gasteiger partial charge in [0, 0.05) is 5.56 Å². The number of hydrogen-bond donors (Lipinski definition) is 3. The lowest BCUT2D eigenvalue weighted by Crippen LogP contribution is -2.41. The Morgan fingerprint density at radius 1 is 0.920 bits per heavy atom. The van der Waals surface area contributed by atoms with Gasteiger partial charge in [0.2, 0.25) is 10.0 Å². The van der Waals surface area contributed by atoms with Crippen LogP contribution in [-0.2, 0) is 10.0 Å². The minimum absolute atomic E-state index is 0.00214. The van der Waals surface area contributed by atoms with Crippen molar-refractivity contribution in [3.63, 3.8) is 0 Å². The van der Waals surface area contributed by atoms with Crippen LogP contribution in [-0.4, -0.2) is 27.3 Å². The molecule has 0 atom stereocenters. The van der Waals surface area contributed by atoms with E-state index in [1.165, 1.54) is 31.3 Å². The summed E-state index contributed by atoms with van der Waals surface area (Å²) in [6, 6.07) is 10.0. The van der Waals surface area contributed by atoms with E-state index in [4.69, 9.17) is 23.2 Å². The Morgan fingerprint density at radius 3 is 2.20 bits per heavy atom. The molecule has 0 heterocycles. The van der Waals surface area contributed by atoms with Gasteiger partial charge in [0.15, 0.2) is 0 Å². The van der Waals surface area contributed by atoms with Crippen molar-refractivity contribution in [1.82, 2.24) is 15.6 Å². The Morgan fingerprint density at radius 2 is 1.56 bits per heavy atom. The van der Waals surface area contributed by atoms with Crippen molar-refractivity contribution in [2.75, 3.05) is 7.05 Å². The van der Waals surface area contributed by atoms with E-state index in [-0.39, 0.29) is 26.1 Å². The van der Waals surface area contributed by atoms with Crippen LogP contribution in [0.25, 0.3) is 0 Å². The first-order chi connectivity index (χ1) is 11.8. The molecule has 3 N–H and O–H groups in total. The Kier molecular flexibility index (Phi) is 6.02. The maximum absolute atomic E-state index is 12.1. The number of benzene rings is 2. The standard InChI is InChI=1S/C15H13Cl2N3O4S/c1-18-25(23,24)13-8-9(6-7-12(13)17)14(21)19-20-15(22)10-4-2-3-5-11(10)16/h2-8,18H,1H3,(H,19,21)(H,20,22). The molecular formula is C15H13Cl2N3O4S. The number of nitrogens with one attached hydrogen (secondary N) is 3. The normalized spacial score (nSPS) is 11.0. The molecule has 2 aromatic rings. The van der Waals surface area contributed by atoms with Crippen LogP contribution < -0.4 is 15.6 Å². The van der Waals surface area contributed by atoms with Crippen LogP contribution >= 0.6 is 23.2 Å². The lowest BCUT2D eigenvalue weighted by Gasteiger charge is -2.10. The number of halogens is 2. The van der Waals surface area contributed by atoms with Crippen molar-refractivity contribution >= 4 is 45.0 Å². The number of sulfonamides is 1. The topological polar surface area (TPSA) is 104 Å². The monoisotopic (exact) mass is 401 g/mol. The van der Waals surface area contributed by atoms with Crippen LogP contribution in [0, 0.1) is 0 Å². The summed E-state index contributed by atoms with van der Waals surface area (Å²) in [6.07, 6.45) is 0. The van der Waals surface area contributed by atoms with E-state index >= 15 is 0 Å². The van der Waals surface area contributed by atoms with Crippen molar-refractivity contribution in [2.24, 2.45) is 0 Å². The van der Waals surface area contributed by atoms with Gasteiger partial charge in [0.05, 0.1) is 15.6 Å². The van der Waals surface area contributed by atoms with Crippen LogP contribution in [0.15, 0.2) is 47.4 Å². The molecule has 2 amide bonds. The molecule has 0 fully saturated rings. The molecule has 0 saturated carbocycles. The van der Waals surface area contributed by atoms with Gasteiger partial charge in [-0.3, -0.25) is 20.4 Å². The SMILES string of the molecule is CNS(=O)(=O)c1cc(C(=O)NNC(=O)c2ccccc2Cl)ccc1Cl. The Balaban J connectivity index is 2.15. The molecular weight excluding hydrogens is 389 g/mol. The molecule has 0 spiro atoms. The average Bonchev–Trinajstić information content (AvgIpc) is 2.60. The second-order valence-electron chi connectivity index (χ2n) is 4.74. The number of hydrogen-bond acceptors (Lipinski definition) is 4. The zero-order chi connectivity index (χ0) is 18.6. The van der Waals surface area contributed by atoms with E-state index in [0.29, 0.717) is 0 Å². The molecule has 2 aromatic carbocycles. The van der Waals surface area contributed by atoms with Gasteiger partial charge in [-0.05, 0) is 37.4 Å². The van der Waals surface area contributed by atoms with Gasteiger partial charge in [-0.1, -0.05) is 35.3 Å². The highest BCUT2D eigenvalue weighted by Crippen LogP contribution is 2.22. The van der Waals surface area contributed by atoms with Crippen molar-refractivity contribution < 1.29 is 18.0 Å². The van der Waals surface area contributed by atoms with Crippen LogP contribution in [0.2, 0.25) is 10.0 Å². The predicted octanol–water partition coefficient (Wildman–Crippen LogP) is 1.98. The van der Waals surface area contributed by atoms with Gasteiger partial charge >= 0.3 is 0 Å². The Hall–Kier alpha value is -2.13. The minimum atomic E-state index is -3.83. The summed E-state index contributed by atoms with van der Waals surface area (Å²) in [5.74, 6) is -1.33. The summed E-state index contributed by atoms with van der Waals surface area (Å²) in [6.45, 7) is 0. The highest BCUT2D eigenvalue weighted by molar-refractivity contribution is 7.89. The van der Waals surface area contributed by atoms with Crippen LogP contribution in [0.3, 0.4) is 0 Å². The number of amides is 2. The molecule has 132 valence electrons. The van der Waals surface area contributed by atoms with Crippen LogP contribution in [0.1, 0.15) is 20.7 Å². The van der Waals surface area contributed by atoms with E-state index in [0.717, 1.165) is 6.07 Å². The fraction of sp³-hybridized carbons (Fsp3) is 0.0667. The smallest absolute Gasteiger partial charge is 0.267 e. The quantitative estimate of drug-likeness (QED) is 0.681. The van der Waals surface area contributed by atoms with Gasteiger partial charge in [-0.25, -0.2) is 13.1 Å². The number of hydrazine groups is 1. The number of carbonyl (C=O) groups excluding carboxylic acids is 2. The summed E-state index contributed by atoms with van der Waals surface area (Å²) in [5, 5.41) is 0.189. The third-order valence-electron chi connectivity index (χ3n) is 3.16. The predicted molar refractivity (Wildman–Crippen MR) is 94.1 cm³/mol. The van der Waals surface area contributed by atoms with E-state index in [9.17, 15) is 18.0 Å². The lowest BCUT2D eigenvalue weighted by molar-refractivity contribution is 0.0846. The van der Waals surface area contributed by atoms with Crippen molar-refractivity contribution in [3.8, 4) is 0 Å². The molecule has 0 aliphatic carbocycles. The second-order valence-corrected chi connectivity index (χ2v) is 7.41. The summed E-state index contributed by atoms with van der Waals surface area (Å²) >= 11 is 11.7. The molecule has 0 aromatic heterocycles. The van der Waals surface area contributed by atoms with Crippen LogP contribution in [0.4, 0.5) is 0 Å². The lowest BCUT2D eigenvalue weighted by atomic mass is 10.2. The summed E-state index contributed by atoms with van der Waals surface area (Å²) in [5.41, 5.74) is 4.57. The molecule has 7 nitrogen and oxygen atoms in total. The first-order valence-electron chi connectivity index (χ1n) is 6.84. The molecule has 0 bridgehead atoms. The average molecular weight is 402 g/mol. The number of carbonyl (C=O) groups is 2. The third-order valence-corrected chi connectivity index (χ3v) is 5.39. The van der Waals surface area contributed by atoms with E-state index < -0.39 is 21.8 Å². The van der Waals surface area contributed by atoms with Gasteiger partial charge < -0.3 is 0 Å². The summed E-state index contributed by atoms with van der Waals surface area (Å²) in [7, 11) is -2.61. The molecule has 2 rings (SSSR count). The van der Waals surface area contributed by atoms with Gasteiger partial charge in [0.1, 0.15) is 4.90 Å². The van der Waals surface area contributed by atoms with Gasteiger partial charge in [0.25, 0.3) is 11.8 Å². The highest BCUT2D eigenvalue weighted by Gasteiger charge is 2.19.